The van der Waals surface area contributed by atoms with Gasteiger partial charge in [0.05, 0.1) is 10.6 Å². The van der Waals surface area contributed by atoms with Gasteiger partial charge in [0.1, 0.15) is 12.4 Å². The Morgan fingerprint density at radius 1 is 1.06 bits per heavy atom. The molecule has 0 unspecified atom stereocenters. The fraction of sp³-hybridized carbons (Fsp3) is 0.185. The zero-order valence-corrected chi connectivity index (χ0v) is 20.4. The largest absolute Gasteiger partial charge is 0.489 e. The molecule has 0 aromatic heterocycles. The minimum Gasteiger partial charge on any atom is -0.489 e. The normalized spacial score (nSPS) is 16.1. The maximum absolute atomic E-state index is 13.0. The Bertz CT molecular complexity index is 1240. The molecule has 0 aliphatic carbocycles. The molecule has 0 N–H and O–H groups in total. The van der Waals surface area contributed by atoms with Crippen LogP contribution in [0.4, 0.5) is 5.69 Å². The molecule has 1 saturated heterocycles. The molecule has 0 bridgehead atoms. The minimum absolute atomic E-state index is 0.0226. The molecule has 3 aromatic carbocycles. The topological polar surface area (TPSA) is 41.9 Å². The third kappa shape index (κ3) is 5.49. The van der Waals surface area contributed by atoms with E-state index >= 15 is 0 Å². The van der Waals surface area contributed by atoms with Crippen LogP contribution < -0.4 is 4.74 Å². The van der Waals surface area contributed by atoms with Gasteiger partial charge in [0.15, 0.2) is 5.17 Å². The number of carbonyl (C=O) groups is 1. The summed E-state index contributed by atoms with van der Waals surface area (Å²) in [6.45, 7) is 7.01. The Morgan fingerprint density at radius 2 is 1.82 bits per heavy atom. The highest BCUT2D eigenvalue weighted by Gasteiger charge is 2.32. The summed E-state index contributed by atoms with van der Waals surface area (Å²) in [6.07, 6.45) is 1.90. The maximum Gasteiger partial charge on any atom is 0.266 e. The van der Waals surface area contributed by atoms with Crippen LogP contribution in [0.2, 0.25) is 5.02 Å². The molecule has 0 radical (unpaired) electrons. The highest BCUT2D eigenvalue weighted by atomic mass is 35.5. The number of amides is 1. The summed E-state index contributed by atoms with van der Waals surface area (Å²) in [4.78, 5) is 20.2. The quantitative estimate of drug-likeness (QED) is 0.354. The van der Waals surface area contributed by atoms with Crippen LogP contribution in [0.3, 0.4) is 0 Å². The third-order valence-electron chi connectivity index (χ3n) is 5.32. The Morgan fingerprint density at radius 3 is 2.55 bits per heavy atom. The predicted molar refractivity (Wildman–Crippen MR) is 138 cm³/mol. The van der Waals surface area contributed by atoms with Crippen molar-refractivity contribution in [1.29, 1.82) is 0 Å². The van der Waals surface area contributed by atoms with Crippen molar-refractivity contribution in [2.24, 2.45) is 4.99 Å². The molecular formula is C27H25ClN2O2S. The minimum atomic E-state index is -0.0226. The smallest absolute Gasteiger partial charge is 0.266 e. The van der Waals surface area contributed by atoms with E-state index in [0.29, 0.717) is 28.2 Å². The van der Waals surface area contributed by atoms with Crippen molar-refractivity contribution in [2.45, 2.75) is 27.4 Å². The molecule has 1 aliphatic heterocycles. The molecular weight excluding hydrogens is 452 g/mol. The van der Waals surface area contributed by atoms with Crippen LogP contribution in [0.5, 0.6) is 5.75 Å². The first-order valence-corrected chi connectivity index (χ1v) is 12.0. The van der Waals surface area contributed by atoms with Crippen LogP contribution in [0.15, 0.2) is 76.6 Å². The van der Waals surface area contributed by atoms with E-state index in [9.17, 15) is 4.79 Å². The summed E-state index contributed by atoms with van der Waals surface area (Å²) in [5.41, 5.74) is 4.99. The molecule has 1 heterocycles. The number of benzene rings is 3. The van der Waals surface area contributed by atoms with Gasteiger partial charge in [-0.15, -0.1) is 0 Å². The second-order valence-electron chi connectivity index (χ2n) is 7.79. The van der Waals surface area contributed by atoms with E-state index in [-0.39, 0.29) is 5.91 Å². The second-order valence-corrected chi connectivity index (χ2v) is 9.21. The lowest BCUT2D eigenvalue weighted by Crippen LogP contribution is -2.28. The summed E-state index contributed by atoms with van der Waals surface area (Å²) in [5.74, 6) is 0.723. The molecule has 4 nitrogen and oxygen atoms in total. The summed E-state index contributed by atoms with van der Waals surface area (Å²) < 4.78 is 5.85. The number of hydrogen-bond donors (Lipinski definition) is 0. The molecule has 1 fully saturated rings. The molecule has 4 rings (SSSR count). The van der Waals surface area contributed by atoms with Crippen molar-refractivity contribution in [3.63, 3.8) is 0 Å². The number of amidine groups is 1. The molecule has 1 amide bonds. The summed E-state index contributed by atoms with van der Waals surface area (Å²) in [6, 6.07) is 21.5. The molecule has 1 aliphatic rings. The number of hydrogen-bond acceptors (Lipinski definition) is 4. The third-order valence-corrected chi connectivity index (χ3v) is 6.69. The first kappa shape index (κ1) is 23.1. The number of aryl methyl sites for hydroxylation is 2. The highest BCUT2D eigenvalue weighted by Crippen LogP contribution is 2.35. The number of carbonyl (C=O) groups excluding carboxylic acids is 1. The number of likely N-dealkylation sites (N-methyl/N-ethyl adjacent to an activating group) is 1. The fourth-order valence-electron chi connectivity index (χ4n) is 3.40. The second kappa shape index (κ2) is 10.3. The van der Waals surface area contributed by atoms with Gasteiger partial charge in [-0.3, -0.25) is 9.69 Å². The number of halogens is 1. The number of nitrogens with zero attached hydrogens (tertiary/aromatic N) is 2. The lowest BCUT2D eigenvalue weighted by atomic mass is 10.1. The van der Waals surface area contributed by atoms with E-state index in [1.807, 2.05) is 81.4 Å². The molecule has 0 spiro atoms. The molecule has 168 valence electrons. The number of ether oxygens (including phenoxy) is 1. The van der Waals surface area contributed by atoms with E-state index in [1.54, 1.807) is 4.90 Å². The van der Waals surface area contributed by atoms with Crippen LogP contribution in [0.25, 0.3) is 6.08 Å². The average Bonchev–Trinajstić information content (AvgIpc) is 3.10. The van der Waals surface area contributed by atoms with Crippen molar-refractivity contribution in [3.8, 4) is 5.75 Å². The number of thioether (sulfide) groups is 1. The van der Waals surface area contributed by atoms with E-state index in [0.717, 1.165) is 33.7 Å². The zero-order chi connectivity index (χ0) is 23.4. The van der Waals surface area contributed by atoms with Gasteiger partial charge in [-0.1, -0.05) is 54.1 Å². The van der Waals surface area contributed by atoms with Crippen LogP contribution in [0, 0.1) is 13.8 Å². The van der Waals surface area contributed by atoms with Gasteiger partial charge in [0.2, 0.25) is 0 Å². The average molecular weight is 477 g/mol. The maximum atomic E-state index is 13.0. The number of aliphatic imine (C=N–C) groups is 1. The van der Waals surface area contributed by atoms with Crippen LogP contribution >= 0.6 is 23.4 Å². The molecule has 33 heavy (non-hydrogen) atoms. The standard InChI is InChI=1S/C27H25ClN2O2S/c1-4-30-26(31)25(33-27(30)29-24-15-18(2)9-10-19(24)3)16-20-11-13-22(14-12-20)32-17-21-7-5-6-8-23(21)28/h5-16H,4,17H2,1-3H3/b25-16+,29-27?. The van der Waals surface area contributed by atoms with Gasteiger partial charge >= 0.3 is 0 Å². The first-order chi connectivity index (χ1) is 15.9. The SMILES string of the molecule is CCN1C(=O)/C(=C\c2ccc(OCc3ccccc3Cl)cc2)SC1=Nc1cc(C)ccc1C. The Labute approximate surface area is 203 Å². The van der Waals surface area contributed by atoms with Crippen molar-refractivity contribution < 1.29 is 9.53 Å². The summed E-state index contributed by atoms with van der Waals surface area (Å²) in [5, 5.41) is 1.40. The van der Waals surface area contributed by atoms with Crippen molar-refractivity contribution in [1.82, 2.24) is 4.90 Å². The lowest BCUT2D eigenvalue weighted by Gasteiger charge is -2.12. The fourth-order valence-corrected chi connectivity index (χ4v) is 4.65. The molecule has 0 atom stereocenters. The Balaban J connectivity index is 1.50. The number of rotatable bonds is 6. The van der Waals surface area contributed by atoms with Gasteiger partial charge in [0.25, 0.3) is 5.91 Å². The van der Waals surface area contributed by atoms with E-state index < -0.39 is 0 Å². The van der Waals surface area contributed by atoms with Gasteiger partial charge < -0.3 is 4.74 Å². The van der Waals surface area contributed by atoms with E-state index in [1.165, 1.54) is 11.8 Å². The van der Waals surface area contributed by atoms with Crippen LogP contribution in [-0.4, -0.2) is 22.5 Å². The van der Waals surface area contributed by atoms with Gasteiger partial charge in [-0.25, -0.2) is 4.99 Å². The lowest BCUT2D eigenvalue weighted by molar-refractivity contribution is -0.122. The zero-order valence-electron chi connectivity index (χ0n) is 18.8. The predicted octanol–water partition coefficient (Wildman–Crippen LogP) is 7.16. The van der Waals surface area contributed by atoms with Crippen molar-refractivity contribution in [2.75, 3.05) is 6.54 Å². The Kier molecular flexibility index (Phi) is 7.21. The van der Waals surface area contributed by atoms with Gasteiger partial charge in [-0.2, -0.15) is 0 Å². The van der Waals surface area contributed by atoms with Crippen LogP contribution in [-0.2, 0) is 11.4 Å². The first-order valence-electron chi connectivity index (χ1n) is 10.8. The van der Waals surface area contributed by atoms with E-state index in [2.05, 4.69) is 12.1 Å². The van der Waals surface area contributed by atoms with Crippen molar-refractivity contribution in [3.05, 3.63) is 98.9 Å². The summed E-state index contributed by atoms with van der Waals surface area (Å²) >= 11 is 7.60. The monoisotopic (exact) mass is 476 g/mol. The summed E-state index contributed by atoms with van der Waals surface area (Å²) in [7, 11) is 0. The van der Waals surface area contributed by atoms with Crippen molar-refractivity contribution >= 4 is 46.2 Å². The highest BCUT2D eigenvalue weighted by molar-refractivity contribution is 8.18. The molecule has 6 heteroatoms. The van der Waals surface area contributed by atoms with Gasteiger partial charge in [0, 0.05) is 17.1 Å². The van der Waals surface area contributed by atoms with E-state index in [4.69, 9.17) is 21.3 Å². The van der Waals surface area contributed by atoms with Crippen LogP contribution in [0.1, 0.15) is 29.2 Å². The molecule has 3 aromatic rings. The Hall–Kier alpha value is -3.02. The van der Waals surface area contributed by atoms with Gasteiger partial charge in [-0.05, 0) is 79.6 Å². The molecule has 0 saturated carbocycles.